The van der Waals surface area contributed by atoms with Gasteiger partial charge in [-0.15, -0.1) is 0 Å². The predicted octanol–water partition coefficient (Wildman–Crippen LogP) is 3.85. The number of ketones is 2. The summed E-state index contributed by atoms with van der Waals surface area (Å²) in [5.74, 6) is -0.0409. The van der Waals surface area contributed by atoms with Gasteiger partial charge in [-0.25, -0.2) is 4.21 Å². The molecule has 0 bridgehead atoms. The van der Waals surface area contributed by atoms with Gasteiger partial charge in [-0.2, -0.15) is 0 Å². The highest BCUT2D eigenvalue weighted by molar-refractivity contribution is 7.79. The molecule has 3 rings (SSSR count). The minimum Gasteiger partial charge on any atom is -0.377 e. The second-order valence-electron chi connectivity index (χ2n) is 6.42. The van der Waals surface area contributed by atoms with Gasteiger partial charge in [0.2, 0.25) is 0 Å². The van der Waals surface area contributed by atoms with Crippen molar-refractivity contribution in [1.82, 2.24) is 0 Å². The van der Waals surface area contributed by atoms with Gasteiger partial charge >= 0.3 is 0 Å². The number of Topliss-reactive ketones (excluding diaryl/α,β-unsaturated/α-hetero) is 2. The topological polar surface area (TPSA) is 83.5 Å². The van der Waals surface area contributed by atoms with Gasteiger partial charge < -0.3 is 9.87 Å². The number of rotatable bonds is 4. The highest BCUT2D eigenvalue weighted by Gasteiger charge is 2.26. The van der Waals surface area contributed by atoms with Crippen molar-refractivity contribution in [2.24, 2.45) is 5.92 Å². The second-order valence-corrected chi connectivity index (χ2v) is 7.39. The molecule has 130 valence electrons. The minimum absolute atomic E-state index is 0.0571. The largest absolute Gasteiger partial charge is 0.377 e. The molecule has 2 unspecified atom stereocenters. The lowest BCUT2D eigenvalue weighted by atomic mass is 9.91. The van der Waals surface area contributed by atoms with Crippen LogP contribution in [0.2, 0.25) is 0 Å². The van der Waals surface area contributed by atoms with Gasteiger partial charge in [0.25, 0.3) is 0 Å². The van der Waals surface area contributed by atoms with Crippen molar-refractivity contribution in [1.29, 1.82) is 0 Å². The SMILES string of the molecule is CC(C)C(=O)c1ccc(C2CC(=O)c3cc(S(=O)O)ccc3N2)cc1. The first kappa shape index (κ1) is 17.5. The molecule has 0 fully saturated rings. The summed E-state index contributed by atoms with van der Waals surface area (Å²) in [5, 5.41) is 3.29. The molecule has 6 heteroatoms. The van der Waals surface area contributed by atoms with E-state index in [1.54, 1.807) is 18.2 Å². The Bertz CT molecular complexity index is 858. The molecule has 0 saturated heterocycles. The molecular weight excluding hydrogens is 338 g/mol. The van der Waals surface area contributed by atoms with Crippen LogP contribution in [-0.2, 0) is 11.1 Å². The first-order valence-electron chi connectivity index (χ1n) is 8.05. The molecule has 1 aliphatic rings. The van der Waals surface area contributed by atoms with Crippen molar-refractivity contribution in [2.75, 3.05) is 5.32 Å². The quantitative estimate of drug-likeness (QED) is 0.641. The Morgan fingerprint density at radius 2 is 1.88 bits per heavy atom. The van der Waals surface area contributed by atoms with Crippen LogP contribution in [0.15, 0.2) is 47.4 Å². The van der Waals surface area contributed by atoms with Crippen LogP contribution in [0.3, 0.4) is 0 Å². The number of nitrogens with one attached hydrogen (secondary N) is 1. The van der Waals surface area contributed by atoms with Crippen molar-refractivity contribution in [3.63, 3.8) is 0 Å². The third-order valence-electron chi connectivity index (χ3n) is 4.33. The Morgan fingerprint density at radius 3 is 2.48 bits per heavy atom. The van der Waals surface area contributed by atoms with Crippen molar-refractivity contribution < 1.29 is 18.4 Å². The number of benzene rings is 2. The lowest BCUT2D eigenvalue weighted by Gasteiger charge is -2.27. The van der Waals surface area contributed by atoms with E-state index >= 15 is 0 Å². The van der Waals surface area contributed by atoms with E-state index in [2.05, 4.69) is 5.32 Å². The average Bonchev–Trinajstić information content (AvgIpc) is 2.60. The lowest BCUT2D eigenvalue weighted by Crippen LogP contribution is -2.23. The zero-order valence-corrected chi connectivity index (χ0v) is 14.8. The minimum atomic E-state index is -2.11. The van der Waals surface area contributed by atoms with Crippen LogP contribution in [0.5, 0.6) is 0 Å². The van der Waals surface area contributed by atoms with E-state index in [0.717, 1.165) is 5.56 Å². The molecule has 2 aromatic rings. The van der Waals surface area contributed by atoms with Crippen LogP contribution >= 0.6 is 0 Å². The summed E-state index contributed by atoms with van der Waals surface area (Å²) in [7, 11) is 0. The highest BCUT2D eigenvalue weighted by Crippen LogP contribution is 2.33. The first-order valence-corrected chi connectivity index (χ1v) is 9.16. The van der Waals surface area contributed by atoms with Gasteiger partial charge in [-0.1, -0.05) is 38.1 Å². The average molecular weight is 357 g/mol. The zero-order valence-electron chi connectivity index (χ0n) is 14.0. The summed E-state index contributed by atoms with van der Waals surface area (Å²) in [4.78, 5) is 24.7. The van der Waals surface area contributed by atoms with Gasteiger partial charge in [0.15, 0.2) is 22.6 Å². The van der Waals surface area contributed by atoms with Crippen molar-refractivity contribution in [3.8, 4) is 0 Å². The fraction of sp³-hybridized carbons (Fsp3) is 0.263. The van der Waals surface area contributed by atoms with Gasteiger partial charge in [0, 0.05) is 29.2 Å². The fourth-order valence-electron chi connectivity index (χ4n) is 2.94. The monoisotopic (exact) mass is 357 g/mol. The van der Waals surface area contributed by atoms with Crippen molar-refractivity contribution in [3.05, 3.63) is 59.2 Å². The Kier molecular flexibility index (Phi) is 4.83. The second kappa shape index (κ2) is 6.90. The summed E-state index contributed by atoms with van der Waals surface area (Å²) in [5.41, 5.74) is 2.67. The Hall–Kier alpha value is -2.31. The molecule has 0 amide bonds. The molecule has 0 aliphatic carbocycles. The molecule has 2 aromatic carbocycles. The maximum absolute atomic E-state index is 12.4. The van der Waals surface area contributed by atoms with Crippen LogP contribution in [-0.4, -0.2) is 20.3 Å². The number of carbonyl (C=O) groups is 2. The molecule has 0 saturated carbocycles. The number of anilines is 1. The van der Waals surface area contributed by atoms with E-state index in [1.165, 1.54) is 12.1 Å². The van der Waals surface area contributed by atoms with Crippen molar-refractivity contribution >= 4 is 28.3 Å². The van der Waals surface area contributed by atoms with Crippen molar-refractivity contribution in [2.45, 2.75) is 31.2 Å². The molecular formula is C19H19NO4S. The highest BCUT2D eigenvalue weighted by atomic mass is 32.2. The van der Waals surface area contributed by atoms with E-state index < -0.39 is 11.1 Å². The van der Waals surface area contributed by atoms with Gasteiger partial charge in [-0.3, -0.25) is 9.59 Å². The van der Waals surface area contributed by atoms with Crippen LogP contribution in [0.4, 0.5) is 5.69 Å². The predicted molar refractivity (Wildman–Crippen MR) is 96.4 cm³/mol. The van der Waals surface area contributed by atoms with Crippen LogP contribution < -0.4 is 5.32 Å². The van der Waals surface area contributed by atoms with E-state index in [4.69, 9.17) is 4.55 Å². The van der Waals surface area contributed by atoms with E-state index in [9.17, 15) is 13.8 Å². The summed E-state index contributed by atoms with van der Waals surface area (Å²) in [6, 6.07) is 11.8. The molecule has 1 aliphatic heterocycles. The van der Waals surface area contributed by atoms with E-state index in [1.807, 2.05) is 26.0 Å². The Morgan fingerprint density at radius 1 is 1.20 bits per heavy atom. The summed E-state index contributed by atoms with van der Waals surface area (Å²) >= 11 is -2.11. The molecule has 5 nitrogen and oxygen atoms in total. The van der Waals surface area contributed by atoms with E-state index in [0.29, 0.717) is 16.8 Å². The van der Waals surface area contributed by atoms with Crippen LogP contribution in [0.1, 0.15) is 52.6 Å². The molecule has 0 aromatic heterocycles. The maximum atomic E-state index is 12.4. The molecule has 0 spiro atoms. The molecule has 25 heavy (non-hydrogen) atoms. The molecule has 2 N–H and O–H groups in total. The number of hydrogen-bond donors (Lipinski definition) is 2. The Labute approximate surface area is 148 Å². The van der Waals surface area contributed by atoms with Gasteiger partial charge in [-0.05, 0) is 23.8 Å². The normalized spacial score (nSPS) is 17.8. The summed E-state index contributed by atoms with van der Waals surface area (Å²) in [6.07, 6.45) is 0.256. The lowest BCUT2D eigenvalue weighted by molar-refractivity contribution is 0.0937. The maximum Gasteiger partial charge on any atom is 0.186 e. The molecule has 0 radical (unpaired) electrons. The number of carbonyl (C=O) groups excluding carboxylic acids is 2. The number of fused-ring (bicyclic) bond motifs is 1. The summed E-state index contributed by atoms with van der Waals surface area (Å²) in [6.45, 7) is 3.73. The first-order chi connectivity index (χ1) is 11.9. The summed E-state index contributed by atoms with van der Waals surface area (Å²) < 4.78 is 20.3. The molecule has 2 atom stereocenters. The van der Waals surface area contributed by atoms with E-state index in [-0.39, 0.29) is 34.8 Å². The zero-order chi connectivity index (χ0) is 18.1. The smallest absolute Gasteiger partial charge is 0.186 e. The number of hydrogen-bond acceptors (Lipinski definition) is 4. The van der Waals surface area contributed by atoms with Crippen LogP contribution in [0, 0.1) is 5.92 Å². The van der Waals surface area contributed by atoms with Crippen LogP contribution in [0.25, 0.3) is 0 Å². The standard InChI is InChI=1S/C19H19NO4S/c1-11(2)19(22)13-5-3-12(4-6-13)17-10-18(21)15-9-14(25(23)24)7-8-16(15)20-17/h3-9,11,17,20H,10H2,1-2H3,(H,23,24). The fourth-order valence-corrected chi connectivity index (χ4v) is 3.34. The third kappa shape index (κ3) is 3.55. The third-order valence-corrected chi connectivity index (χ3v) is 4.99. The van der Waals surface area contributed by atoms with Gasteiger partial charge in [0.05, 0.1) is 10.9 Å². The Balaban J connectivity index is 1.85. The van der Waals surface area contributed by atoms with Gasteiger partial charge in [0.1, 0.15) is 0 Å². The molecule has 1 heterocycles.